The number of benzene rings is 1. The number of aromatic nitrogens is 3. The second kappa shape index (κ2) is 9.74. The number of carbonyl (C=O) groups is 2. The van der Waals surface area contributed by atoms with E-state index in [4.69, 9.17) is 4.42 Å². The van der Waals surface area contributed by atoms with Gasteiger partial charge in [-0.05, 0) is 23.6 Å². The summed E-state index contributed by atoms with van der Waals surface area (Å²) >= 11 is 2.72. The van der Waals surface area contributed by atoms with Gasteiger partial charge in [0.2, 0.25) is 11.8 Å². The van der Waals surface area contributed by atoms with Crippen LogP contribution >= 0.6 is 22.7 Å². The molecular weight excluding hydrogens is 474 g/mol. The van der Waals surface area contributed by atoms with Crippen LogP contribution in [0.5, 0.6) is 0 Å². The molecule has 11 heteroatoms. The Hall–Kier alpha value is -3.57. The van der Waals surface area contributed by atoms with Crippen molar-refractivity contribution in [3.63, 3.8) is 0 Å². The lowest BCUT2D eigenvalue weighted by Gasteiger charge is -2.17. The van der Waals surface area contributed by atoms with E-state index in [9.17, 15) is 14.4 Å². The minimum absolute atomic E-state index is 0.0490. The molecule has 0 aliphatic heterocycles. The number of aryl methyl sites for hydroxylation is 1. The van der Waals surface area contributed by atoms with Crippen LogP contribution < -0.4 is 16.4 Å². The fraction of sp³-hybridized carbons (Fsp3) is 0.261. The van der Waals surface area contributed by atoms with E-state index >= 15 is 0 Å². The number of carbonyl (C=O) groups excluding carboxylic acids is 2. The van der Waals surface area contributed by atoms with Gasteiger partial charge in [0, 0.05) is 28.5 Å². The highest BCUT2D eigenvalue weighted by Gasteiger charge is 2.21. The monoisotopic (exact) mass is 497 g/mol. The van der Waals surface area contributed by atoms with Crippen molar-refractivity contribution in [2.75, 3.05) is 10.6 Å². The third-order valence-corrected chi connectivity index (χ3v) is 6.37. The molecule has 2 amide bonds. The summed E-state index contributed by atoms with van der Waals surface area (Å²) in [4.78, 5) is 41.7. The molecule has 3 heterocycles. The van der Waals surface area contributed by atoms with Gasteiger partial charge in [-0.3, -0.25) is 9.59 Å². The third-order valence-electron chi connectivity index (χ3n) is 4.76. The van der Waals surface area contributed by atoms with E-state index in [-0.39, 0.29) is 30.7 Å². The van der Waals surface area contributed by atoms with Crippen LogP contribution in [0.1, 0.15) is 27.2 Å². The van der Waals surface area contributed by atoms with Crippen LogP contribution in [0.3, 0.4) is 0 Å². The number of anilines is 2. The Morgan fingerprint density at radius 2 is 1.85 bits per heavy atom. The van der Waals surface area contributed by atoms with E-state index in [0.29, 0.717) is 16.5 Å². The van der Waals surface area contributed by atoms with Crippen molar-refractivity contribution >= 4 is 45.3 Å². The Kier molecular flexibility index (Phi) is 6.75. The number of hydrogen-bond donors (Lipinski definition) is 2. The molecule has 1 aromatic carbocycles. The first-order valence-electron chi connectivity index (χ1n) is 10.5. The highest BCUT2D eigenvalue weighted by Crippen LogP contribution is 2.27. The second-order valence-electron chi connectivity index (χ2n) is 8.49. The van der Waals surface area contributed by atoms with E-state index < -0.39 is 11.2 Å². The molecule has 34 heavy (non-hydrogen) atoms. The zero-order valence-corrected chi connectivity index (χ0v) is 20.5. The number of amides is 2. The molecule has 0 aliphatic carbocycles. The molecule has 4 aromatic rings. The van der Waals surface area contributed by atoms with Gasteiger partial charge in [-0.25, -0.2) is 9.78 Å². The fourth-order valence-electron chi connectivity index (χ4n) is 2.84. The van der Waals surface area contributed by atoms with Crippen molar-refractivity contribution in [2.24, 2.45) is 5.41 Å². The van der Waals surface area contributed by atoms with Gasteiger partial charge in [0.1, 0.15) is 0 Å². The summed E-state index contributed by atoms with van der Waals surface area (Å²) in [5, 5.41) is 13.9. The van der Waals surface area contributed by atoms with E-state index in [1.807, 2.05) is 67.9 Å². The van der Waals surface area contributed by atoms with Gasteiger partial charge >= 0.3 is 5.76 Å². The van der Waals surface area contributed by atoms with Gasteiger partial charge < -0.3 is 15.1 Å². The van der Waals surface area contributed by atoms with Crippen LogP contribution in [0.15, 0.2) is 56.4 Å². The Balaban J connectivity index is 1.33. The molecule has 0 bridgehead atoms. The average molecular weight is 498 g/mol. The lowest BCUT2D eigenvalue weighted by Crippen LogP contribution is -2.27. The lowest BCUT2D eigenvalue weighted by molar-refractivity contribution is -0.123. The predicted molar refractivity (Wildman–Crippen MR) is 133 cm³/mol. The summed E-state index contributed by atoms with van der Waals surface area (Å²) in [6.45, 7) is 5.66. The normalized spacial score (nSPS) is 11.4. The van der Waals surface area contributed by atoms with Crippen molar-refractivity contribution in [1.82, 2.24) is 14.8 Å². The Morgan fingerprint density at radius 1 is 1.09 bits per heavy atom. The van der Waals surface area contributed by atoms with Crippen molar-refractivity contribution in [1.29, 1.82) is 0 Å². The van der Waals surface area contributed by atoms with Gasteiger partial charge in [0.15, 0.2) is 5.13 Å². The molecule has 9 nitrogen and oxygen atoms in total. The summed E-state index contributed by atoms with van der Waals surface area (Å²) in [7, 11) is 0. The quantitative estimate of drug-likeness (QED) is 0.382. The van der Waals surface area contributed by atoms with E-state index in [0.717, 1.165) is 15.1 Å². The first-order chi connectivity index (χ1) is 16.2. The molecule has 0 saturated carbocycles. The molecule has 0 saturated heterocycles. The van der Waals surface area contributed by atoms with Crippen molar-refractivity contribution in [3.8, 4) is 22.0 Å². The highest BCUT2D eigenvalue weighted by molar-refractivity contribution is 7.14. The third kappa shape index (κ3) is 5.67. The van der Waals surface area contributed by atoms with Crippen molar-refractivity contribution < 1.29 is 14.0 Å². The molecule has 2 N–H and O–H groups in total. The van der Waals surface area contributed by atoms with Gasteiger partial charge in [0.25, 0.3) is 5.89 Å². The maximum absolute atomic E-state index is 12.4. The summed E-state index contributed by atoms with van der Waals surface area (Å²) in [5.74, 6) is -0.702. The maximum atomic E-state index is 12.4. The second-order valence-corrected chi connectivity index (χ2v) is 10.3. The maximum Gasteiger partial charge on any atom is 0.437 e. The number of nitrogens with one attached hydrogen (secondary N) is 2. The van der Waals surface area contributed by atoms with Crippen LogP contribution in [-0.2, 0) is 16.1 Å². The number of thiazole rings is 1. The van der Waals surface area contributed by atoms with Gasteiger partial charge in [-0.1, -0.05) is 39.0 Å². The van der Waals surface area contributed by atoms with E-state index in [1.54, 1.807) is 0 Å². The molecule has 176 valence electrons. The molecule has 0 spiro atoms. The van der Waals surface area contributed by atoms with Gasteiger partial charge in [0.05, 0.1) is 17.1 Å². The Labute approximate surface area is 203 Å². The van der Waals surface area contributed by atoms with E-state index in [1.165, 1.54) is 22.7 Å². The Morgan fingerprint density at radius 3 is 2.53 bits per heavy atom. The summed E-state index contributed by atoms with van der Waals surface area (Å²) in [6, 6.07) is 11.0. The molecular formula is C23H23N5O4S2. The number of rotatable bonds is 7. The smallest absolute Gasteiger partial charge is 0.387 e. The van der Waals surface area contributed by atoms with Crippen LogP contribution in [0.25, 0.3) is 22.0 Å². The number of nitrogens with zero attached hydrogens (tertiary/aromatic N) is 3. The zero-order chi connectivity index (χ0) is 24.3. The van der Waals surface area contributed by atoms with Crippen LogP contribution in [0.4, 0.5) is 10.8 Å². The highest BCUT2D eigenvalue weighted by atomic mass is 32.1. The minimum atomic E-state index is -0.602. The zero-order valence-electron chi connectivity index (χ0n) is 18.8. The van der Waals surface area contributed by atoms with E-state index in [2.05, 4.69) is 20.7 Å². The summed E-state index contributed by atoms with van der Waals surface area (Å²) < 4.78 is 6.29. The summed E-state index contributed by atoms with van der Waals surface area (Å²) in [6.07, 6.45) is 0.0490. The summed E-state index contributed by atoms with van der Waals surface area (Å²) in [5.41, 5.74) is 1.80. The molecule has 4 rings (SSSR count). The fourth-order valence-corrected chi connectivity index (χ4v) is 4.22. The molecule has 0 fully saturated rings. The largest absolute Gasteiger partial charge is 0.437 e. The average Bonchev–Trinajstić information content (AvgIpc) is 3.53. The molecule has 3 aromatic heterocycles. The number of hydrogen-bond acceptors (Lipinski definition) is 8. The topological polar surface area (TPSA) is 119 Å². The number of thiophene rings is 1. The molecule has 0 radical (unpaired) electrons. The van der Waals surface area contributed by atoms with Crippen molar-refractivity contribution in [2.45, 2.75) is 33.7 Å². The minimum Gasteiger partial charge on any atom is -0.387 e. The first-order valence-corrected chi connectivity index (χ1v) is 12.2. The van der Waals surface area contributed by atoms with Gasteiger partial charge in [-0.2, -0.15) is 4.68 Å². The molecule has 0 aliphatic rings. The van der Waals surface area contributed by atoms with Gasteiger partial charge in [-0.15, -0.1) is 27.8 Å². The Bertz CT molecular complexity index is 1350. The molecule has 0 unspecified atom stereocenters. The van der Waals surface area contributed by atoms with Crippen LogP contribution in [0.2, 0.25) is 0 Å². The van der Waals surface area contributed by atoms with Crippen molar-refractivity contribution in [3.05, 3.63) is 57.7 Å². The molecule has 0 atom stereocenters. The first kappa shape index (κ1) is 23.6. The standard InChI is InChI=1S/C23H23N5O4S2/c1-23(2,3)20(30)24-15-8-6-14(7-9-15)16-13-34-21(25-16)26-18(29)10-11-28-22(31)32-19(27-28)17-5-4-12-33-17/h4-9,12-13H,10-11H2,1-3H3,(H,24,30)(H,25,26,29). The lowest BCUT2D eigenvalue weighted by atomic mass is 9.95. The van der Waals surface area contributed by atoms with Crippen LogP contribution in [0, 0.1) is 5.41 Å². The predicted octanol–water partition coefficient (Wildman–Crippen LogP) is 4.70. The van der Waals surface area contributed by atoms with Crippen LogP contribution in [-0.4, -0.2) is 26.6 Å². The SMILES string of the molecule is CC(C)(C)C(=O)Nc1ccc(-c2csc(NC(=O)CCn3nc(-c4cccs4)oc3=O)n2)cc1.